The smallest absolute Gasteiger partial charge is 0.161 e. The van der Waals surface area contributed by atoms with Crippen LogP contribution >= 0.6 is 11.6 Å². The average molecular weight is 431 g/mol. The number of fused-ring (bicyclic) bond motifs is 1. The zero-order chi connectivity index (χ0) is 20.9. The fourth-order valence-electron chi connectivity index (χ4n) is 4.64. The minimum atomic E-state index is -0.0153. The molecule has 2 aromatic rings. The number of nitrogens with zero attached hydrogens (tertiary/aromatic N) is 1. The Kier molecular flexibility index (Phi) is 7.16. The number of aryl methyl sites for hydroxylation is 1. The standard InChI is InChI=1S/C24H31ClN2O3/c1-28-23-14-17-6-5-13-30-22(19(17)15-24(23)29-2)16-21(27-11-9-26-10-12-27)18-7-3-4-8-20(18)25/h3-4,7-8,14-15,21-22,26H,5-6,9-13,16H2,1-2H3. The van der Waals surface area contributed by atoms with Crippen molar-refractivity contribution in [3.05, 3.63) is 58.1 Å². The van der Waals surface area contributed by atoms with Crippen LogP contribution < -0.4 is 14.8 Å². The fraction of sp³-hybridized carbons (Fsp3) is 0.500. The summed E-state index contributed by atoms with van der Waals surface area (Å²) in [5.74, 6) is 1.53. The van der Waals surface area contributed by atoms with Gasteiger partial charge in [0, 0.05) is 43.9 Å². The molecule has 0 aliphatic carbocycles. The van der Waals surface area contributed by atoms with E-state index in [9.17, 15) is 0 Å². The van der Waals surface area contributed by atoms with Crippen LogP contribution in [-0.2, 0) is 11.2 Å². The first-order valence-electron chi connectivity index (χ1n) is 10.8. The molecule has 0 radical (unpaired) electrons. The first-order valence-corrected chi connectivity index (χ1v) is 11.1. The predicted octanol–water partition coefficient (Wildman–Crippen LogP) is 4.40. The predicted molar refractivity (Wildman–Crippen MR) is 120 cm³/mol. The number of nitrogens with one attached hydrogen (secondary N) is 1. The van der Waals surface area contributed by atoms with Gasteiger partial charge in [0.05, 0.1) is 20.3 Å². The van der Waals surface area contributed by atoms with Gasteiger partial charge >= 0.3 is 0 Å². The van der Waals surface area contributed by atoms with Crippen molar-refractivity contribution in [2.24, 2.45) is 0 Å². The molecule has 0 spiro atoms. The van der Waals surface area contributed by atoms with Gasteiger partial charge in [0.2, 0.25) is 0 Å². The van der Waals surface area contributed by atoms with Crippen molar-refractivity contribution < 1.29 is 14.2 Å². The zero-order valence-electron chi connectivity index (χ0n) is 17.8. The van der Waals surface area contributed by atoms with E-state index in [0.29, 0.717) is 0 Å². The molecule has 162 valence electrons. The van der Waals surface area contributed by atoms with E-state index in [1.807, 2.05) is 12.1 Å². The second kappa shape index (κ2) is 10.0. The van der Waals surface area contributed by atoms with Gasteiger partial charge in [-0.1, -0.05) is 29.8 Å². The van der Waals surface area contributed by atoms with Crippen LogP contribution in [0.25, 0.3) is 0 Å². The van der Waals surface area contributed by atoms with Gasteiger partial charge in [-0.25, -0.2) is 0 Å². The summed E-state index contributed by atoms with van der Waals surface area (Å²) >= 11 is 6.66. The van der Waals surface area contributed by atoms with Gasteiger partial charge in [-0.3, -0.25) is 4.90 Å². The highest BCUT2D eigenvalue weighted by atomic mass is 35.5. The van der Waals surface area contributed by atoms with Crippen LogP contribution in [-0.4, -0.2) is 51.9 Å². The number of hydrogen-bond acceptors (Lipinski definition) is 5. The van der Waals surface area contributed by atoms with Crippen molar-refractivity contribution >= 4 is 11.6 Å². The van der Waals surface area contributed by atoms with E-state index < -0.39 is 0 Å². The molecule has 2 aromatic carbocycles. The lowest BCUT2D eigenvalue weighted by Gasteiger charge is -2.37. The SMILES string of the molecule is COc1cc2c(cc1OC)C(CC(c1ccccc1Cl)N1CCNCC1)OCCC2. The van der Waals surface area contributed by atoms with Crippen LogP contribution in [0, 0.1) is 0 Å². The summed E-state index contributed by atoms with van der Waals surface area (Å²) in [6.45, 7) is 4.74. The summed E-state index contributed by atoms with van der Waals surface area (Å²) in [6.07, 6.45) is 2.82. The molecule has 2 atom stereocenters. The van der Waals surface area contributed by atoms with E-state index in [0.717, 1.165) is 68.6 Å². The summed E-state index contributed by atoms with van der Waals surface area (Å²) in [4.78, 5) is 2.53. The van der Waals surface area contributed by atoms with E-state index in [4.69, 9.17) is 25.8 Å². The number of benzene rings is 2. The van der Waals surface area contributed by atoms with Crippen molar-refractivity contribution in [3.8, 4) is 11.5 Å². The Morgan fingerprint density at radius 1 is 1.13 bits per heavy atom. The number of halogens is 1. The maximum atomic E-state index is 6.66. The molecule has 0 amide bonds. The van der Waals surface area contributed by atoms with Crippen LogP contribution in [0.2, 0.25) is 5.02 Å². The molecular weight excluding hydrogens is 400 g/mol. The molecule has 4 rings (SSSR count). The van der Waals surface area contributed by atoms with E-state index in [1.54, 1.807) is 14.2 Å². The highest BCUT2D eigenvalue weighted by Gasteiger charge is 2.30. The fourth-order valence-corrected chi connectivity index (χ4v) is 4.90. The molecule has 0 aromatic heterocycles. The van der Waals surface area contributed by atoms with Crippen molar-refractivity contribution in [3.63, 3.8) is 0 Å². The Hall–Kier alpha value is -1.79. The monoisotopic (exact) mass is 430 g/mol. The summed E-state index contributed by atoms with van der Waals surface area (Å²) in [6, 6.07) is 12.6. The van der Waals surface area contributed by atoms with Crippen LogP contribution in [0.15, 0.2) is 36.4 Å². The van der Waals surface area contributed by atoms with Crippen molar-refractivity contribution in [1.82, 2.24) is 10.2 Å². The quantitative estimate of drug-likeness (QED) is 0.735. The second-order valence-electron chi connectivity index (χ2n) is 7.93. The molecule has 1 saturated heterocycles. The molecule has 0 saturated carbocycles. The molecule has 6 heteroatoms. The summed E-state index contributed by atoms with van der Waals surface area (Å²) in [7, 11) is 3.37. The molecule has 1 fully saturated rings. The lowest BCUT2D eigenvalue weighted by atomic mass is 9.91. The number of ether oxygens (including phenoxy) is 3. The average Bonchev–Trinajstić information content (AvgIpc) is 2.99. The van der Waals surface area contributed by atoms with Gasteiger partial charge in [-0.2, -0.15) is 0 Å². The summed E-state index contributed by atoms with van der Waals surface area (Å²) < 4.78 is 17.5. The Labute approximate surface area is 184 Å². The Bertz CT molecular complexity index is 854. The van der Waals surface area contributed by atoms with Gasteiger partial charge in [0.15, 0.2) is 11.5 Å². The molecular formula is C24H31ClN2O3. The lowest BCUT2D eigenvalue weighted by molar-refractivity contribution is 0.0233. The van der Waals surface area contributed by atoms with Crippen LogP contribution in [0.1, 0.15) is 41.7 Å². The van der Waals surface area contributed by atoms with E-state index in [1.165, 1.54) is 16.7 Å². The lowest BCUT2D eigenvalue weighted by Crippen LogP contribution is -2.45. The van der Waals surface area contributed by atoms with E-state index in [2.05, 4.69) is 34.5 Å². The van der Waals surface area contributed by atoms with Gasteiger partial charge in [-0.05, 0) is 54.2 Å². The van der Waals surface area contributed by atoms with Crippen molar-refractivity contribution in [1.29, 1.82) is 0 Å². The minimum absolute atomic E-state index is 0.0153. The Balaban J connectivity index is 1.70. The Morgan fingerprint density at radius 2 is 1.87 bits per heavy atom. The third-order valence-corrected chi connectivity index (χ3v) is 6.54. The third kappa shape index (κ3) is 4.59. The normalized spacial score (nSPS) is 20.8. The van der Waals surface area contributed by atoms with E-state index in [-0.39, 0.29) is 12.1 Å². The topological polar surface area (TPSA) is 43.0 Å². The zero-order valence-corrected chi connectivity index (χ0v) is 18.6. The van der Waals surface area contributed by atoms with Gasteiger partial charge in [-0.15, -0.1) is 0 Å². The maximum Gasteiger partial charge on any atom is 0.161 e. The minimum Gasteiger partial charge on any atom is -0.493 e. The molecule has 5 nitrogen and oxygen atoms in total. The molecule has 0 bridgehead atoms. The van der Waals surface area contributed by atoms with E-state index >= 15 is 0 Å². The maximum absolute atomic E-state index is 6.66. The first-order chi connectivity index (χ1) is 14.7. The van der Waals surface area contributed by atoms with Crippen LogP contribution in [0.5, 0.6) is 11.5 Å². The Morgan fingerprint density at radius 3 is 2.60 bits per heavy atom. The molecule has 1 N–H and O–H groups in total. The van der Waals surface area contributed by atoms with Gasteiger partial charge in [0.25, 0.3) is 0 Å². The second-order valence-corrected chi connectivity index (χ2v) is 8.34. The largest absolute Gasteiger partial charge is 0.493 e. The van der Waals surface area contributed by atoms with Crippen molar-refractivity contribution in [2.75, 3.05) is 47.0 Å². The van der Waals surface area contributed by atoms with Crippen molar-refractivity contribution in [2.45, 2.75) is 31.4 Å². The van der Waals surface area contributed by atoms with Gasteiger partial charge < -0.3 is 19.5 Å². The number of hydrogen-bond donors (Lipinski definition) is 1. The number of methoxy groups -OCH3 is 2. The summed E-state index contributed by atoms with van der Waals surface area (Å²) in [5, 5.41) is 4.28. The highest BCUT2D eigenvalue weighted by molar-refractivity contribution is 6.31. The highest BCUT2D eigenvalue weighted by Crippen LogP contribution is 2.42. The number of piperazine rings is 1. The molecule has 30 heavy (non-hydrogen) atoms. The third-order valence-electron chi connectivity index (χ3n) is 6.20. The van der Waals surface area contributed by atoms with Gasteiger partial charge in [0.1, 0.15) is 0 Å². The van der Waals surface area contributed by atoms with Crippen LogP contribution in [0.4, 0.5) is 0 Å². The first kappa shape index (κ1) is 21.4. The molecule has 2 aliphatic heterocycles. The summed E-state index contributed by atoms with van der Waals surface area (Å²) in [5.41, 5.74) is 3.67. The molecule has 2 unspecified atom stereocenters. The number of rotatable bonds is 6. The molecule has 2 heterocycles. The molecule has 2 aliphatic rings. The van der Waals surface area contributed by atoms with Crippen LogP contribution in [0.3, 0.4) is 0 Å².